The highest BCUT2D eigenvalue weighted by atomic mass is 32.2. The molecule has 2 heterocycles. The van der Waals surface area contributed by atoms with Crippen LogP contribution in [0.4, 0.5) is 5.69 Å². The van der Waals surface area contributed by atoms with Gasteiger partial charge in [0.1, 0.15) is 4.38 Å². The van der Waals surface area contributed by atoms with Crippen LogP contribution in [0.2, 0.25) is 0 Å². The number of carbonyl (C=O) groups excluding carboxylic acids is 2. The molecule has 0 unspecified atom stereocenters. The van der Waals surface area contributed by atoms with Crippen molar-refractivity contribution in [1.82, 2.24) is 4.68 Å². The molecular weight excluding hydrogens is 414 g/mol. The summed E-state index contributed by atoms with van der Waals surface area (Å²) in [5.41, 5.74) is 7.80. The molecule has 2 aromatic carbocycles. The number of amides is 1. The zero-order valence-corrected chi connectivity index (χ0v) is 18.3. The van der Waals surface area contributed by atoms with Gasteiger partial charge in [-0.15, -0.1) is 0 Å². The summed E-state index contributed by atoms with van der Waals surface area (Å²) in [7, 11) is 0. The fourth-order valence-electron chi connectivity index (χ4n) is 3.26. The number of nitrogens with one attached hydrogen (secondary N) is 1. The summed E-state index contributed by atoms with van der Waals surface area (Å²) < 4.78 is 2.59. The van der Waals surface area contributed by atoms with Crippen LogP contribution in [0.1, 0.15) is 37.7 Å². The van der Waals surface area contributed by atoms with Gasteiger partial charge in [0, 0.05) is 28.3 Å². The molecule has 1 amide bonds. The molecule has 3 aromatic rings. The minimum Gasteiger partial charge on any atom is -0.293 e. The summed E-state index contributed by atoms with van der Waals surface area (Å²) in [5.74, 6) is 0.995. The normalized spacial score (nSPS) is 12.8. The Bertz CT molecular complexity index is 1140. The van der Waals surface area contributed by atoms with Crippen LogP contribution in [0, 0.1) is 13.8 Å². The number of para-hydroxylation sites is 1. The predicted molar refractivity (Wildman–Crippen MR) is 126 cm³/mol. The van der Waals surface area contributed by atoms with Gasteiger partial charge in [0.15, 0.2) is 5.78 Å². The number of aryl methyl sites for hydroxylation is 1. The first-order chi connectivity index (χ1) is 14.5. The summed E-state index contributed by atoms with van der Waals surface area (Å²) in [6, 6.07) is 18.9. The maximum Gasteiger partial charge on any atom is 0.270 e. The molecule has 0 bridgehead atoms. The monoisotopic (exact) mass is 435 g/mol. The zero-order chi connectivity index (χ0) is 21.1. The third kappa shape index (κ3) is 4.37. The van der Waals surface area contributed by atoms with Crippen LogP contribution in [-0.2, 0) is 5.75 Å². The largest absolute Gasteiger partial charge is 0.293 e. The molecule has 30 heavy (non-hydrogen) atoms. The highest BCUT2D eigenvalue weighted by molar-refractivity contribution is 8.38. The molecule has 7 heteroatoms. The van der Waals surface area contributed by atoms with E-state index in [9.17, 15) is 9.59 Å². The quantitative estimate of drug-likeness (QED) is 0.550. The average molecular weight is 436 g/mol. The van der Waals surface area contributed by atoms with Crippen LogP contribution in [0.3, 0.4) is 0 Å². The number of hydrogen-bond acceptors (Lipinski definition) is 5. The van der Waals surface area contributed by atoms with Gasteiger partial charge in [-0.05, 0) is 43.7 Å². The molecule has 1 aliphatic rings. The molecule has 0 aliphatic carbocycles. The van der Waals surface area contributed by atoms with E-state index >= 15 is 0 Å². The third-order valence-corrected chi connectivity index (χ3v) is 7.11. The van der Waals surface area contributed by atoms with Crippen molar-refractivity contribution in [2.45, 2.75) is 19.6 Å². The third-order valence-electron chi connectivity index (χ3n) is 4.86. The highest BCUT2D eigenvalue weighted by Gasteiger charge is 2.19. The van der Waals surface area contributed by atoms with Crippen molar-refractivity contribution in [1.29, 1.82) is 0 Å². The minimum atomic E-state index is -0.211. The molecule has 5 nitrogen and oxygen atoms in total. The second kappa shape index (κ2) is 8.93. The molecule has 0 saturated heterocycles. The second-order valence-electron chi connectivity index (χ2n) is 6.93. The van der Waals surface area contributed by atoms with Gasteiger partial charge in [0.25, 0.3) is 5.91 Å². The molecule has 4 rings (SSSR count). The van der Waals surface area contributed by atoms with E-state index in [0.717, 1.165) is 27.2 Å². The standard InChI is InChI=1S/C23H21N3O2S2/c1-15-12-19(16(2)26(15)25-22(28)17-8-4-3-5-9-17)21(27)14-30-23-24-20-11-7-6-10-18(20)13-29-23/h3-12H,13-14H2,1-2H3,(H,25,28). The second-order valence-corrected chi connectivity index (χ2v) is 9.12. The molecule has 0 spiro atoms. The lowest BCUT2D eigenvalue weighted by Crippen LogP contribution is -2.25. The Labute approximate surface area is 183 Å². The smallest absolute Gasteiger partial charge is 0.270 e. The maximum absolute atomic E-state index is 12.9. The van der Waals surface area contributed by atoms with Crippen LogP contribution in [0.25, 0.3) is 0 Å². The Hall–Kier alpha value is -2.77. The Morgan fingerprint density at radius 1 is 1.10 bits per heavy atom. The number of fused-ring (bicyclic) bond motifs is 1. The lowest BCUT2D eigenvalue weighted by molar-refractivity contribution is 0.0999. The van der Waals surface area contributed by atoms with Gasteiger partial charge in [-0.2, -0.15) is 0 Å². The Balaban J connectivity index is 1.44. The van der Waals surface area contributed by atoms with E-state index < -0.39 is 0 Å². The summed E-state index contributed by atoms with van der Waals surface area (Å²) >= 11 is 3.13. The summed E-state index contributed by atoms with van der Waals surface area (Å²) in [6.45, 7) is 3.72. The van der Waals surface area contributed by atoms with Gasteiger partial charge in [-0.1, -0.05) is 59.9 Å². The Morgan fingerprint density at radius 2 is 1.83 bits per heavy atom. The van der Waals surface area contributed by atoms with Crippen molar-refractivity contribution >= 4 is 45.3 Å². The number of Topliss-reactive ketones (excluding diaryl/α,β-unsaturated/α-hetero) is 1. The van der Waals surface area contributed by atoms with E-state index in [4.69, 9.17) is 0 Å². The first kappa shape index (κ1) is 20.5. The first-order valence-electron chi connectivity index (χ1n) is 9.53. The minimum absolute atomic E-state index is 0.0236. The van der Waals surface area contributed by atoms with E-state index in [1.807, 2.05) is 56.3 Å². The van der Waals surface area contributed by atoms with E-state index in [1.165, 1.54) is 17.3 Å². The number of thioether (sulfide) groups is 2. The summed E-state index contributed by atoms with van der Waals surface area (Å²) in [4.78, 5) is 30.0. The Kier molecular flexibility index (Phi) is 6.11. The molecule has 152 valence electrons. The zero-order valence-electron chi connectivity index (χ0n) is 16.7. The van der Waals surface area contributed by atoms with Crippen molar-refractivity contribution < 1.29 is 9.59 Å². The number of benzene rings is 2. The predicted octanol–water partition coefficient (Wildman–Crippen LogP) is 5.34. The van der Waals surface area contributed by atoms with Gasteiger partial charge < -0.3 is 0 Å². The fourth-order valence-corrected chi connectivity index (χ4v) is 5.21. The summed E-state index contributed by atoms with van der Waals surface area (Å²) in [6.07, 6.45) is 0. The Morgan fingerprint density at radius 3 is 2.63 bits per heavy atom. The molecule has 0 radical (unpaired) electrons. The van der Waals surface area contributed by atoms with E-state index in [1.54, 1.807) is 28.6 Å². The molecule has 1 aliphatic heterocycles. The number of hydrogen-bond donors (Lipinski definition) is 1. The topological polar surface area (TPSA) is 63.5 Å². The lowest BCUT2D eigenvalue weighted by Gasteiger charge is -2.14. The van der Waals surface area contributed by atoms with E-state index in [2.05, 4.69) is 16.5 Å². The van der Waals surface area contributed by atoms with Gasteiger partial charge in [-0.25, -0.2) is 4.99 Å². The van der Waals surface area contributed by atoms with Crippen LogP contribution >= 0.6 is 23.5 Å². The van der Waals surface area contributed by atoms with Crippen molar-refractivity contribution in [3.8, 4) is 0 Å². The van der Waals surface area contributed by atoms with Crippen LogP contribution < -0.4 is 5.43 Å². The molecule has 1 N–H and O–H groups in total. The summed E-state index contributed by atoms with van der Waals surface area (Å²) in [5, 5.41) is 0. The molecular formula is C23H21N3O2S2. The average Bonchev–Trinajstić information content (AvgIpc) is 3.06. The van der Waals surface area contributed by atoms with E-state index in [-0.39, 0.29) is 11.7 Å². The van der Waals surface area contributed by atoms with Crippen molar-refractivity contribution in [2.75, 3.05) is 11.2 Å². The molecule has 0 fully saturated rings. The van der Waals surface area contributed by atoms with Crippen LogP contribution in [-0.4, -0.2) is 26.5 Å². The number of rotatable bonds is 5. The molecule has 0 atom stereocenters. The number of carbonyl (C=O) groups is 2. The molecule has 0 saturated carbocycles. The van der Waals surface area contributed by atoms with Crippen molar-refractivity contribution in [3.05, 3.63) is 88.7 Å². The number of aromatic nitrogens is 1. The van der Waals surface area contributed by atoms with Gasteiger partial charge in [0.05, 0.1) is 11.4 Å². The van der Waals surface area contributed by atoms with E-state index in [0.29, 0.717) is 16.9 Å². The molecule has 1 aromatic heterocycles. The van der Waals surface area contributed by atoms with Crippen molar-refractivity contribution in [3.63, 3.8) is 0 Å². The van der Waals surface area contributed by atoms with Crippen molar-refractivity contribution in [2.24, 2.45) is 4.99 Å². The highest BCUT2D eigenvalue weighted by Crippen LogP contribution is 2.34. The van der Waals surface area contributed by atoms with Crippen LogP contribution in [0.15, 0.2) is 65.7 Å². The fraction of sp³-hybridized carbons (Fsp3) is 0.174. The number of aliphatic imine (C=N–C) groups is 1. The van der Waals surface area contributed by atoms with Gasteiger partial charge in [-0.3, -0.25) is 19.7 Å². The number of ketones is 1. The lowest BCUT2D eigenvalue weighted by atomic mass is 10.2. The van der Waals surface area contributed by atoms with Gasteiger partial charge in [0.2, 0.25) is 0 Å². The number of nitrogens with zero attached hydrogens (tertiary/aromatic N) is 2. The van der Waals surface area contributed by atoms with Crippen LogP contribution in [0.5, 0.6) is 0 Å². The first-order valence-corrected chi connectivity index (χ1v) is 11.5. The SMILES string of the molecule is Cc1cc(C(=O)CSC2=Nc3ccccc3CS2)c(C)n1NC(=O)c1ccccc1. The van der Waals surface area contributed by atoms with Gasteiger partial charge >= 0.3 is 0 Å². The maximum atomic E-state index is 12.9.